The van der Waals surface area contributed by atoms with E-state index in [1.54, 1.807) is 33.8 Å². The molecule has 3 aromatic rings. The molecule has 0 saturated carbocycles. The quantitative estimate of drug-likeness (QED) is 0.521. The molecule has 1 saturated heterocycles. The second-order valence-corrected chi connectivity index (χ2v) is 8.72. The molecule has 0 unspecified atom stereocenters. The molecule has 1 aliphatic heterocycles. The lowest BCUT2D eigenvalue weighted by molar-refractivity contribution is -0.137. The molecule has 8 nitrogen and oxygen atoms in total. The minimum Gasteiger partial charge on any atom is -0.397 e. The number of hydrogen-bond donors (Lipinski definition) is 2. The van der Waals surface area contributed by atoms with Gasteiger partial charge in [0.15, 0.2) is 0 Å². The number of anilines is 3. The van der Waals surface area contributed by atoms with Crippen LogP contribution in [0.25, 0.3) is 0 Å². The van der Waals surface area contributed by atoms with E-state index in [1.165, 1.54) is 0 Å². The zero-order chi connectivity index (χ0) is 26.0. The first-order valence-electron chi connectivity index (χ1n) is 11.4. The van der Waals surface area contributed by atoms with Crippen LogP contribution in [0.2, 0.25) is 0 Å². The second kappa shape index (κ2) is 9.92. The molecule has 1 aromatic heterocycles. The number of halogens is 3. The van der Waals surface area contributed by atoms with E-state index in [4.69, 9.17) is 5.73 Å². The maximum Gasteiger partial charge on any atom is 0.416 e. The van der Waals surface area contributed by atoms with Crippen LogP contribution in [0, 0.1) is 13.8 Å². The van der Waals surface area contributed by atoms with Gasteiger partial charge in [-0.2, -0.15) is 18.3 Å². The molecule has 190 valence electrons. The van der Waals surface area contributed by atoms with Crippen molar-refractivity contribution in [3.05, 3.63) is 71.0 Å². The number of nitrogens with two attached hydrogens (primary N) is 1. The molecule has 11 heteroatoms. The van der Waals surface area contributed by atoms with E-state index < -0.39 is 17.6 Å². The summed E-state index contributed by atoms with van der Waals surface area (Å²) in [6, 6.07) is 11.7. The van der Waals surface area contributed by atoms with Gasteiger partial charge in [-0.3, -0.25) is 14.3 Å². The summed E-state index contributed by atoms with van der Waals surface area (Å²) in [4.78, 5) is 29.6. The molecule has 0 radical (unpaired) electrons. The maximum atomic E-state index is 13.0. The van der Waals surface area contributed by atoms with Crippen LogP contribution < -0.4 is 16.0 Å². The Labute approximate surface area is 206 Å². The zero-order valence-corrected chi connectivity index (χ0v) is 20.0. The molecule has 2 heterocycles. The van der Waals surface area contributed by atoms with Crippen molar-refractivity contribution in [3.8, 4) is 0 Å². The third-order valence-corrected chi connectivity index (χ3v) is 6.14. The number of nitrogen functional groups attached to an aromatic ring is 1. The molecular weight excluding hydrogens is 473 g/mol. The average Bonchev–Trinajstić information content (AvgIpc) is 3.15. The number of alkyl halides is 3. The topological polar surface area (TPSA) is 96.5 Å². The number of carbonyl (C=O) groups excluding carboxylic acids is 2. The van der Waals surface area contributed by atoms with Gasteiger partial charge in [-0.05, 0) is 50.2 Å². The number of benzene rings is 2. The van der Waals surface area contributed by atoms with Crippen molar-refractivity contribution in [1.29, 1.82) is 0 Å². The Hall–Kier alpha value is -4.02. The van der Waals surface area contributed by atoms with Crippen LogP contribution in [0.5, 0.6) is 0 Å². The summed E-state index contributed by atoms with van der Waals surface area (Å²) >= 11 is 0. The first kappa shape index (κ1) is 25.1. The third kappa shape index (κ3) is 5.45. The van der Waals surface area contributed by atoms with Crippen molar-refractivity contribution in [2.75, 3.05) is 42.1 Å². The number of nitrogens with zero attached hydrogens (tertiary/aromatic N) is 4. The molecule has 4 rings (SSSR count). The van der Waals surface area contributed by atoms with Gasteiger partial charge in [0.2, 0.25) is 5.91 Å². The van der Waals surface area contributed by atoms with Crippen LogP contribution in [0.1, 0.15) is 27.3 Å². The minimum absolute atomic E-state index is 0.0235. The lowest BCUT2D eigenvalue weighted by Crippen LogP contribution is -2.50. The van der Waals surface area contributed by atoms with Crippen molar-refractivity contribution in [1.82, 2.24) is 14.7 Å². The molecule has 1 fully saturated rings. The molecule has 2 aromatic carbocycles. The predicted octanol–water partition coefficient (Wildman–Crippen LogP) is 3.70. The van der Waals surface area contributed by atoms with Crippen molar-refractivity contribution in [2.45, 2.75) is 26.6 Å². The SMILES string of the molecule is Cc1cc(C)n(CC(=O)N2CCN(c3ccccc3C(=O)Nc3ccc(C(F)(F)F)cc3N)CC2)n1. The number of amides is 2. The van der Waals surface area contributed by atoms with E-state index in [9.17, 15) is 22.8 Å². The molecule has 2 amide bonds. The van der Waals surface area contributed by atoms with Crippen molar-refractivity contribution in [3.63, 3.8) is 0 Å². The Morgan fingerprint density at radius 3 is 2.33 bits per heavy atom. The number of nitrogens with one attached hydrogen (secondary N) is 1. The molecule has 36 heavy (non-hydrogen) atoms. The number of carbonyl (C=O) groups is 2. The summed E-state index contributed by atoms with van der Waals surface area (Å²) in [5.74, 6) is -0.509. The number of aromatic nitrogens is 2. The Balaban J connectivity index is 1.42. The molecule has 0 spiro atoms. The summed E-state index contributed by atoms with van der Waals surface area (Å²) in [7, 11) is 0. The van der Waals surface area contributed by atoms with Gasteiger partial charge in [0.1, 0.15) is 6.54 Å². The van der Waals surface area contributed by atoms with Crippen LogP contribution in [-0.4, -0.2) is 52.7 Å². The third-order valence-electron chi connectivity index (χ3n) is 6.14. The highest BCUT2D eigenvalue weighted by Gasteiger charge is 2.31. The van der Waals surface area contributed by atoms with Crippen LogP contribution in [0.3, 0.4) is 0 Å². The normalized spacial score (nSPS) is 14.1. The monoisotopic (exact) mass is 500 g/mol. The molecule has 1 aliphatic rings. The summed E-state index contributed by atoms with van der Waals surface area (Å²) in [5, 5.41) is 6.96. The van der Waals surface area contributed by atoms with E-state index >= 15 is 0 Å². The largest absolute Gasteiger partial charge is 0.416 e. The number of piperazine rings is 1. The number of aryl methyl sites for hydroxylation is 2. The van der Waals surface area contributed by atoms with Crippen molar-refractivity contribution >= 4 is 28.9 Å². The maximum absolute atomic E-state index is 13.0. The first-order valence-corrected chi connectivity index (χ1v) is 11.4. The molecule has 0 aliphatic carbocycles. The summed E-state index contributed by atoms with van der Waals surface area (Å²) in [6.45, 7) is 5.98. The van der Waals surface area contributed by atoms with Crippen LogP contribution >= 0.6 is 0 Å². The standard InChI is InChI=1S/C25H27F3N6O2/c1-16-13-17(2)34(31-16)15-23(35)33-11-9-32(10-12-33)22-6-4-3-5-19(22)24(36)30-21-8-7-18(14-20(21)29)25(26,27)28/h3-8,13-14H,9-12,15,29H2,1-2H3,(H,30,36). The van der Waals surface area contributed by atoms with Gasteiger partial charge in [-0.15, -0.1) is 0 Å². The van der Waals surface area contributed by atoms with Crippen LogP contribution in [0.15, 0.2) is 48.5 Å². The smallest absolute Gasteiger partial charge is 0.397 e. The highest BCUT2D eigenvalue weighted by molar-refractivity contribution is 6.09. The van der Waals surface area contributed by atoms with Crippen molar-refractivity contribution in [2.24, 2.45) is 0 Å². The summed E-state index contributed by atoms with van der Waals surface area (Å²) < 4.78 is 40.4. The van der Waals surface area contributed by atoms with Gasteiger partial charge in [-0.1, -0.05) is 12.1 Å². The van der Waals surface area contributed by atoms with Gasteiger partial charge >= 0.3 is 6.18 Å². The molecule has 0 bridgehead atoms. The van der Waals surface area contributed by atoms with Gasteiger partial charge < -0.3 is 20.9 Å². The average molecular weight is 501 g/mol. The Morgan fingerprint density at radius 1 is 1.03 bits per heavy atom. The van der Waals surface area contributed by atoms with E-state index in [1.807, 2.05) is 24.8 Å². The van der Waals surface area contributed by atoms with Gasteiger partial charge in [0.05, 0.1) is 28.2 Å². The number of para-hydroxylation sites is 1. The summed E-state index contributed by atoms with van der Waals surface area (Å²) in [5.41, 5.74) is 7.62. The van der Waals surface area contributed by atoms with E-state index in [0.29, 0.717) is 37.4 Å². The fraction of sp³-hybridized carbons (Fsp3) is 0.320. The van der Waals surface area contributed by atoms with E-state index in [0.717, 1.165) is 29.6 Å². The molecule has 3 N–H and O–H groups in total. The van der Waals surface area contributed by atoms with E-state index in [2.05, 4.69) is 10.4 Å². The van der Waals surface area contributed by atoms with Gasteiger partial charge in [0.25, 0.3) is 5.91 Å². The van der Waals surface area contributed by atoms with Gasteiger partial charge in [-0.25, -0.2) is 0 Å². The fourth-order valence-corrected chi connectivity index (χ4v) is 4.24. The van der Waals surface area contributed by atoms with Gasteiger partial charge in [0, 0.05) is 37.6 Å². The van der Waals surface area contributed by atoms with Crippen molar-refractivity contribution < 1.29 is 22.8 Å². The number of hydrogen-bond acceptors (Lipinski definition) is 5. The van der Waals surface area contributed by atoms with E-state index in [-0.39, 0.29) is 23.8 Å². The molecule has 0 atom stereocenters. The number of rotatable bonds is 5. The fourth-order valence-electron chi connectivity index (χ4n) is 4.24. The highest BCUT2D eigenvalue weighted by Crippen LogP contribution is 2.33. The lowest BCUT2D eigenvalue weighted by Gasteiger charge is -2.37. The van der Waals surface area contributed by atoms with Crippen LogP contribution in [-0.2, 0) is 17.5 Å². The zero-order valence-electron chi connectivity index (χ0n) is 20.0. The minimum atomic E-state index is -4.52. The lowest BCUT2D eigenvalue weighted by atomic mass is 10.1. The molecular formula is C25H27F3N6O2. The Bertz CT molecular complexity index is 1280. The highest BCUT2D eigenvalue weighted by atomic mass is 19.4. The van der Waals surface area contributed by atoms with Crippen LogP contribution in [0.4, 0.5) is 30.2 Å². The Kier molecular flexibility index (Phi) is 6.91. The predicted molar refractivity (Wildman–Crippen MR) is 131 cm³/mol. The second-order valence-electron chi connectivity index (χ2n) is 8.72. The Morgan fingerprint density at radius 2 is 1.72 bits per heavy atom. The first-order chi connectivity index (χ1) is 17.0. The summed E-state index contributed by atoms with van der Waals surface area (Å²) in [6.07, 6.45) is -4.52.